The molecule has 0 unspecified atom stereocenters. The minimum absolute atomic E-state index is 0.00461. The van der Waals surface area contributed by atoms with E-state index in [9.17, 15) is 13.2 Å². The molecule has 104 valence electrons. The van der Waals surface area contributed by atoms with Crippen molar-refractivity contribution in [2.75, 3.05) is 5.32 Å². The maximum absolute atomic E-state index is 12.0. The molecule has 0 atom stereocenters. The molecule has 0 bridgehead atoms. The van der Waals surface area contributed by atoms with E-state index in [4.69, 9.17) is 10.9 Å². The molecular formula is C12H17N3O3S. The molecule has 6 nitrogen and oxygen atoms in total. The number of sulfonamides is 1. The maximum Gasteiger partial charge on any atom is 0.244 e. The summed E-state index contributed by atoms with van der Waals surface area (Å²) in [6, 6.07) is 4.57. The molecule has 1 aromatic carbocycles. The Morgan fingerprint density at radius 3 is 2.47 bits per heavy atom. The fraction of sp³-hybridized carbons (Fsp3) is 0.417. The lowest BCUT2D eigenvalue weighted by Gasteiger charge is -2.36. The van der Waals surface area contributed by atoms with Gasteiger partial charge in [-0.2, -0.15) is 0 Å². The van der Waals surface area contributed by atoms with E-state index in [1.54, 1.807) is 13.0 Å². The average molecular weight is 283 g/mol. The minimum Gasteiger partial charge on any atom is -0.324 e. The number of anilines is 1. The molecule has 1 amide bonds. The van der Waals surface area contributed by atoms with Gasteiger partial charge in [0.2, 0.25) is 15.9 Å². The number of carbonyl (C=O) groups is 1. The largest absolute Gasteiger partial charge is 0.324 e. The second kappa shape index (κ2) is 4.59. The van der Waals surface area contributed by atoms with Crippen molar-refractivity contribution in [1.82, 2.24) is 0 Å². The van der Waals surface area contributed by atoms with Gasteiger partial charge in [0.25, 0.3) is 0 Å². The maximum atomic E-state index is 12.0. The lowest BCUT2D eigenvalue weighted by molar-refractivity contribution is -0.123. The van der Waals surface area contributed by atoms with E-state index in [1.165, 1.54) is 12.1 Å². The number of nitrogens with two attached hydrogens (primary N) is 2. The van der Waals surface area contributed by atoms with Gasteiger partial charge in [-0.05, 0) is 43.9 Å². The van der Waals surface area contributed by atoms with Gasteiger partial charge in [0, 0.05) is 5.69 Å². The third-order valence-electron chi connectivity index (χ3n) is 3.54. The predicted molar refractivity (Wildman–Crippen MR) is 72.0 cm³/mol. The van der Waals surface area contributed by atoms with Gasteiger partial charge in [-0.1, -0.05) is 6.07 Å². The molecule has 1 saturated carbocycles. The first-order valence-electron chi connectivity index (χ1n) is 5.97. The average Bonchev–Trinajstić information content (AvgIpc) is 2.27. The van der Waals surface area contributed by atoms with E-state index >= 15 is 0 Å². The zero-order valence-corrected chi connectivity index (χ0v) is 11.5. The summed E-state index contributed by atoms with van der Waals surface area (Å²) < 4.78 is 22.8. The summed E-state index contributed by atoms with van der Waals surface area (Å²) >= 11 is 0. The molecule has 0 spiro atoms. The van der Waals surface area contributed by atoms with Crippen LogP contribution in [0.5, 0.6) is 0 Å². The Kier molecular flexibility index (Phi) is 3.38. The Morgan fingerprint density at radius 2 is 2.00 bits per heavy atom. The molecule has 1 aliphatic rings. The Balaban J connectivity index is 2.29. The molecule has 0 radical (unpaired) electrons. The van der Waals surface area contributed by atoms with E-state index < -0.39 is 15.6 Å². The third kappa shape index (κ3) is 2.63. The molecule has 7 heteroatoms. The van der Waals surface area contributed by atoms with E-state index in [-0.39, 0.29) is 10.8 Å². The van der Waals surface area contributed by atoms with Gasteiger partial charge >= 0.3 is 0 Å². The molecular weight excluding hydrogens is 266 g/mol. The molecule has 1 aliphatic carbocycles. The first-order valence-corrected chi connectivity index (χ1v) is 7.51. The number of rotatable bonds is 3. The van der Waals surface area contributed by atoms with E-state index in [2.05, 4.69) is 5.32 Å². The SMILES string of the molecule is Cc1c(NC(=O)C2(N)CCC2)cccc1S(N)(=O)=O. The number of nitrogens with one attached hydrogen (secondary N) is 1. The summed E-state index contributed by atoms with van der Waals surface area (Å²) in [4.78, 5) is 12.0. The van der Waals surface area contributed by atoms with E-state index in [0.29, 0.717) is 24.1 Å². The fourth-order valence-electron chi connectivity index (χ4n) is 2.09. The minimum atomic E-state index is -3.80. The number of hydrogen-bond acceptors (Lipinski definition) is 4. The molecule has 1 aromatic rings. The van der Waals surface area contributed by atoms with Crippen molar-refractivity contribution in [3.63, 3.8) is 0 Å². The van der Waals surface area contributed by atoms with E-state index in [0.717, 1.165) is 6.42 Å². The van der Waals surface area contributed by atoms with Crippen molar-refractivity contribution < 1.29 is 13.2 Å². The topological polar surface area (TPSA) is 115 Å². The second-order valence-corrected chi connectivity index (χ2v) is 6.47. The highest BCUT2D eigenvalue weighted by atomic mass is 32.2. The van der Waals surface area contributed by atoms with Gasteiger partial charge in [-0.15, -0.1) is 0 Å². The number of carbonyl (C=O) groups excluding carboxylic acids is 1. The summed E-state index contributed by atoms with van der Waals surface area (Å²) in [5.74, 6) is -0.284. The Hall–Kier alpha value is -1.44. The lowest BCUT2D eigenvalue weighted by Crippen LogP contribution is -2.56. The summed E-state index contributed by atoms with van der Waals surface area (Å²) in [5.41, 5.74) is 5.93. The number of hydrogen-bond donors (Lipinski definition) is 3. The van der Waals surface area contributed by atoms with Gasteiger partial charge in [0.15, 0.2) is 0 Å². The Bertz CT molecular complexity index is 621. The summed E-state index contributed by atoms with van der Waals surface area (Å²) in [6.07, 6.45) is 2.22. The summed E-state index contributed by atoms with van der Waals surface area (Å²) in [7, 11) is -3.80. The van der Waals surface area contributed by atoms with Gasteiger partial charge in [-0.3, -0.25) is 4.79 Å². The Labute approximate surface area is 112 Å². The van der Waals surface area contributed by atoms with Crippen molar-refractivity contribution >= 4 is 21.6 Å². The van der Waals surface area contributed by atoms with Crippen LogP contribution in [-0.2, 0) is 14.8 Å². The van der Waals surface area contributed by atoms with Gasteiger partial charge < -0.3 is 11.1 Å². The zero-order valence-electron chi connectivity index (χ0n) is 10.6. The van der Waals surface area contributed by atoms with Crippen molar-refractivity contribution in [1.29, 1.82) is 0 Å². The van der Waals surface area contributed by atoms with Gasteiger partial charge in [0.05, 0.1) is 10.4 Å². The molecule has 0 saturated heterocycles. The number of amides is 1. The van der Waals surface area contributed by atoms with Crippen molar-refractivity contribution in [3.05, 3.63) is 23.8 Å². The van der Waals surface area contributed by atoms with Crippen molar-refractivity contribution in [2.24, 2.45) is 10.9 Å². The molecule has 0 heterocycles. The number of benzene rings is 1. The molecule has 5 N–H and O–H groups in total. The molecule has 0 aromatic heterocycles. The standard InChI is InChI=1S/C12H17N3O3S/c1-8-9(4-2-5-10(8)19(14,17)18)15-11(16)12(13)6-3-7-12/h2,4-5H,3,6-7,13H2,1H3,(H,15,16)(H2,14,17,18). The van der Waals surface area contributed by atoms with Crippen LogP contribution < -0.4 is 16.2 Å². The van der Waals surface area contributed by atoms with Gasteiger partial charge in [-0.25, -0.2) is 13.6 Å². The highest BCUT2D eigenvalue weighted by molar-refractivity contribution is 7.89. The van der Waals surface area contributed by atoms with Crippen molar-refractivity contribution in [3.8, 4) is 0 Å². The van der Waals surface area contributed by atoms with Crippen LogP contribution in [0, 0.1) is 6.92 Å². The smallest absolute Gasteiger partial charge is 0.244 e. The highest BCUT2D eigenvalue weighted by Gasteiger charge is 2.40. The molecule has 19 heavy (non-hydrogen) atoms. The highest BCUT2D eigenvalue weighted by Crippen LogP contribution is 2.31. The predicted octanol–water partition coefficient (Wildman–Crippen LogP) is 0.462. The monoisotopic (exact) mass is 283 g/mol. The van der Waals surface area contributed by atoms with Crippen molar-refractivity contribution in [2.45, 2.75) is 36.6 Å². The van der Waals surface area contributed by atoms with Crippen LogP contribution >= 0.6 is 0 Å². The fourth-order valence-corrected chi connectivity index (χ4v) is 2.89. The lowest BCUT2D eigenvalue weighted by atomic mass is 9.77. The number of primary sulfonamides is 1. The molecule has 2 rings (SSSR count). The van der Waals surface area contributed by atoms with Crippen LogP contribution in [0.2, 0.25) is 0 Å². The quantitative estimate of drug-likeness (QED) is 0.747. The zero-order chi connectivity index (χ0) is 14.3. The summed E-state index contributed by atoms with van der Waals surface area (Å²) in [5, 5.41) is 7.80. The third-order valence-corrected chi connectivity index (χ3v) is 4.59. The molecule has 0 aliphatic heterocycles. The second-order valence-electron chi connectivity index (χ2n) is 4.94. The first-order chi connectivity index (χ1) is 8.74. The van der Waals surface area contributed by atoms with E-state index in [1.807, 2.05) is 0 Å². The Morgan fingerprint density at radius 1 is 1.37 bits per heavy atom. The van der Waals surface area contributed by atoms with Gasteiger partial charge in [0.1, 0.15) is 0 Å². The molecule has 1 fully saturated rings. The van der Waals surface area contributed by atoms with Crippen LogP contribution in [0.15, 0.2) is 23.1 Å². The van der Waals surface area contributed by atoms with Crippen LogP contribution in [0.1, 0.15) is 24.8 Å². The van der Waals surface area contributed by atoms with Crippen LogP contribution in [0.4, 0.5) is 5.69 Å². The van der Waals surface area contributed by atoms with Crippen LogP contribution in [-0.4, -0.2) is 19.9 Å². The van der Waals surface area contributed by atoms with Crippen LogP contribution in [0.25, 0.3) is 0 Å². The normalized spacial score (nSPS) is 17.6. The van der Waals surface area contributed by atoms with Crippen LogP contribution in [0.3, 0.4) is 0 Å². The first kappa shape index (κ1) is 14.0. The summed E-state index contributed by atoms with van der Waals surface area (Å²) in [6.45, 7) is 1.60.